The predicted molar refractivity (Wildman–Crippen MR) is 66.1 cm³/mol. The highest BCUT2D eigenvalue weighted by Crippen LogP contribution is 2.22. The van der Waals surface area contributed by atoms with Gasteiger partial charge in [-0.15, -0.1) is 15.0 Å². The SMILES string of the molecule is O=[N+]([O-])c1cnc(-n2nc3ccncc3n2)c(Cl)c1. The predicted octanol–water partition coefficient (Wildman–Crippen LogP) is 1.77. The van der Waals surface area contributed by atoms with Crippen LogP contribution in [0.15, 0.2) is 30.7 Å². The van der Waals surface area contributed by atoms with E-state index in [9.17, 15) is 10.1 Å². The van der Waals surface area contributed by atoms with Gasteiger partial charge in [0.1, 0.15) is 17.2 Å². The van der Waals surface area contributed by atoms with Crippen LogP contribution in [0.2, 0.25) is 5.02 Å². The molecule has 0 aliphatic rings. The van der Waals surface area contributed by atoms with E-state index in [4.69, 9.17) is 11.6 Å². The third-order valence-corrected chi connectivity index (χ3v) is 2.67. The van der Waals surface area contributed by atoms with Crippen molar-refractivity contribution in [3.8, 4) is 5.82 Å². The highest BCUT2D eigenvalue weighted by molar-refractivity contribution is 6.32. The Morgan fingerprint density at radius 1 is 1.26 bits per heavy atom. The molecule has 0 bridgehead atoms. The van der Waals surface area contributed by atoms with Crippen molar-refractivity contribution >= 4 is 28.3 Å². The molecule has 0 unspecified atom stereocenters. The second-order valence-electron chi connectivity index (χ2n) is 3.61. The van der Waals surface area contributed by atoms with E-state index in [0.717, 1.165) is 6.20 Å². The largest absolute Gasteiger partial charge is 0.289 e. The molecule has 3 rings (SSSR count). The van der Waals surface area contributed by atoms with E-state index in [-0.39, 0.29) is 16.5 Å². The first-order valence-electron chi connectivity index (χ1n) is 5.12. The zero-order chi connectivity index (χ0) is 13.4. The van der Waals surface area contributed by atoms with E-state index in [1.807, 2.05) is 0 Å². The smallest absolute Gasteiger partial charge is 0.262 e. The lowest BCUT2D eigenvalue weighted by atomic mass is 10.4. The summed E-state index contributed by atoms with van der Waals surface area (Å²) < 4.78 is 0. The van der Waals surface area contributed by atoms with Crippen LogP contribution in [0.4, 0.5) is 5.69 Å². The average molecular weight is 277 g/mol. The molecule has 19 heavy (non-hydrogen) atoms. The first kappa shape index (κ1) is 11.5. The molecule has 0 fully saturated rings. The number of fused-ring (bicyclic) bond motifs is 1. The minimum absolute atomic E-state index is 0.0995. The monoisotopic (exact) mass is 276 g/mol. The van der Waals surface area contributed by atoms with Crippen LogP contribution in [-0.4, -0.2) is 29.9 Å². The number of pyridine rings is 2. The number of halogens is 1. The minimum atomic E-state index is -0.570. The molecule has 0 amide bonds. The molecular formula is C10H5ClN6O2. The van der Waals surface area contributed by atoms with Crippen LogP contribution >= 0.6 is 11.6 Å². The second kappa shape index (κ2) is 4.25. The molecule has 8 nitrogen and oxygen atoms in total. The van der Waals surface area contributed by atoms with Crippen LogP contribution in [0.25, 0.3) is 16.9 Å². The summed E-state index contributed by atoms with van der Waals surface area (Å²) in [5, 5.41) is 19.0. The van der Waals surface area contributed by atoms with Crippen molar-refractivity contribution in [2.75, 3.05) is 0 Å². The summed E-state index contributed by atoms with van der Waals surface area (Å²) in [6, 6.07) is 2.90. The van der Waals surface area contributed by atoms with Crippen molar-refractivity contribution in [1.82, 2.24) is 25.0 Å². The Morgan fingerprint density at radius 3 is 2.74 bits per heavy atom. The van der Waals surface area contributed by atoms with Crippen molar-refractivity contribution in [3.05, 3.63) is 45.9 Å². The second-order valence-corrected chi connectivity index (χ2v) is 4.02. The van der Waals surface area contributed by atoms with E-state index < -0.39 is 4.92 Å². The summed E-state index contributed by atoms with van der Waals surface area (Å²) >= 11 is 5.95. The Balaban J connectivity index is 2.13. The standard InChI is InChI=1S/C10H5ClN6O2/c11-7-3-6(17(18)19)4-13-10(7)16-14-8-1-2-12-5-9(8)15-16/h1-5H. The van der Waals surface area contributed by atoms with E-state index in [0.29, 0.717) is 11.0 Å². The fourth-order valence-electron chi connectivity index (χ4n) is 1.53. The number of hydrogen-bond acceptors (Lipinski definition) is 6. The minimum Gasteiger partial charge on any atom is -0.262 e. The Kier molecular flexibility index (Phi) is 2.57. The van der Waals surface area contributed by atoms with Crippen molar-refractivity contribution < 1.29 is 4.92 Å². The zero-order valence-corrected chi connectivity index (χ0v) is 10.0. The van der Waals surface area contributed by atoms with Crippen molar-refractivity contribution in [2.45, 2.75) is 0 Å². The molecule has 3 aromatic rings. The average Bonchev–Trinajstić information content (AvgIpc) is 2.81. The normalized spacial score (nSPS) is 10.8. The van der Waals surface area contributed by atoms with Gasteiger partial charge in [0.05, 0.1) is 16.1 Å². The van der Waals surface area contributed by atoms with Gasteiger partial charge in [0.25, 0.3) is 5.69 Å². The molecule has 0 aliphatic heterocycles. The molecule has 3 aromatic heterocycles. The van der Waals surface area contributed by atoms with Crippen LogP contribution in [-0.2, 0) is 0 Å². The summed E-state index contributed by atoms with van der Waals surface area (Å²) in [5.41, 5.74) is 1.03. The van der Waals surface area contributed by atoms with Crippen molar-refractivity contribution in [2.24, 2.45) is 0 Å². The summed E-state index contributed by atoms with van der Waals surface area (Å²) in [7, 11) is 0. The van der Waals surface area contributed by atoms with E-state index in [1.54, 1.807) is 18.5 Å². The van der Waals surface area contributed by atoms with Gasteiger partial charge in [-0.05, 0) is 6.07 Å². The quantitative estimate of drug-likeness (QED) is 0.522. The summed E-state index contributed by atoms with van der Waals surface area (Å²) in [5.74, 6) is 0.225. The van der Waals surface area contributed by atoms with E-state index in [1.165, 1.54) is 10.9 Å². The summed E-state index contributed by atoms with van der Waals surface area (Å²) in [6.45, 7) is 0. The Labute approximate surface area is 110 Å². The van der Waals surface area contributed by atoms with Gasteiger partial charge in [-0.25, -0.2) is 4.98 Å². The maximum Gasteiger partial charge on any atom is 0.289 e. The van der Waals surface area contributed by atoms with Crippen LogP contribution < -0.4 is 0 Å². The number of nitrogens with zero attached hydrogens (tertiary/aromatic N) is 6. The highest BCUT2D eigenvalue weighted by atomic mass is 35.5. The number of nitro groups is 1. The number of aromatic nitrogens is 5. The molecule has 0 N–H and O–H groups in total. The van der Waals surface area contributed by atoms with Gasteiger partial charge in [-0.3, -0.25) is 15.1 Å². The lowest BCUT2D eigenvalue weighted by Crippen LogP contribution is -2.03. The van der Waals surface area contributed by atoms with Gasteiger partial charge in [0.2, 0.25) is 0 Å². The van der Waals surface area contributed by atoms with Crippen molar-refractivity contribution in [3.63, 3.8) is 0 Å². The Bertz CT molecular complexity index is 754. The molecular weight excluding hydrogens is 272 g/mol. The van der Waals surface area contributed by atoms with Crippen LogP contribution in [0, 0.1) is 10.1 Å². The topological polar surface area (TPSA) is 99.6 Å². The number of rotatable bonds is 2. The van der Waals surface area contributed by atoms with Crippen LogP contribution in [0.3, 0.4) is 0 Å². The molecule has 0 aliphatic carbocycles. The number of hydrogen-bond donors (Lipinski definition) is 0. The van der Waals surface area contributed by atoms with E-state index >= 15 is 0 Å². The zero-order valence-electron chi connectivity index (χ0n) is 9.26. The van der Waals surface area contributed by atoms with Gasteiger partial charge in [0.15, 0.2) is 5.82 Å². The lowest BCUT2D eigenvalue weighted by molar-refractivity contribution is -0.385. The summed E-state index contributed by atoms with van der Waals surface area (Å²) in [6.07, 6.45) is 4.25. The molecule has 0 spiro atoms. The third-order valence-electron chi connectivity index (χ3n) is 2.39. The molecule has 0 saturated carbocycles. The lowest BCUT2D eigenvalue weighted by Gasteiger charge is -2.00. The Hall–Kier alpha value is -2.61. The molecule has 0 aromatic carbocycles. The first-order valence-corrected chi connectivity index (χ1v) is 5.50. The fraction of sp³-hybridized carbons (Fsp3) is 0. The van der Waals surface area contributed by atoms with Gasteiger partial charge in [-0.1, -0.05) is 11.6 Å². The van der Waals surface area contributed by atoms with Crippen molar-refractivity contribution in [1.29, 1.82) is 0 Å². The molecule has 0 radical (unpaired) electrons. The molecule has 94 valence electrons. The van der Waals surface area contributed by atoms with Gasteiger partial charge in [-0.2, -0.15) is 0 Å². The van der Waals surface area contributed by atoms with Gasteiger partial charge >= 0.3 is 0 Å². The Morgan fingerprint density at radius 2 is 2.05 bits per heavy atom. The maximum atomic E-state index is 10.6. The first-order chi connectivity index (χ1) is 9.15. The van der Waals surface area contributed by atoms with Gasteiger partial charge < -0.3 is 0 Å². The van der Waals surface area contributed by atoms with Crippen LogP contribution in [0.1, 0.15) is 0 Å². The molecule has 9 heteroatoms. The fourth-order valence-corrected chi connectivity index (χ4v) is 1.77. The molecule has 3 heterocycles. The highest BCUT2D eigenvalue weighted by Gasteiger charge is 2.14. The molecule has 0 saturated heterocycles. The van der Waals surface area contributed by atoms with E-state index in [2.05, 4.69) is 20.2 Å². The maximum absolute atomic E-state index is 10.6. The van der Waals surface area contributed by atoms with Crippen LogP contribution in [0.5, 0.6) is 0 Å². The molecule has 0 atom stereocenters. The van der Waals surface area contributed by atoms with Gasteiger partial charge in [0, 0.05) is 12.3 Å². The third kappa shape index (κ3) is 1.97. The summed E-state index contributed by atoms with van der Waals surface area (Å²) in [4.78, 5) is 19.1.